The van der Waals surface area contributed by atoms with E-state index in [-0.39, 0.29) is 0 Å². The van der Waals surface area contributed by atoms with E-state index in [0.29, 0.717) is 12.5 Å². The number of pyridine rings is 1. The summed E-state index contributed by atoms with van der Waals surface area (Å²) in [6, 6.07) is 3.85. The predicted octanol–water partition coefficient (Wildman–Crippen LogP) is 2.43. The van der Waals surface area contributed by atoms with Crippen molar-refractivity contribution in [2.24, 2.45) is 7.05 Å². The van der Waals surface area contributed by atoms with Gasteiger partial charge in [-0.15, -0.1) is 0 Å². The van der Waals surface area contributed by atoms with Crippen LogP contribution in [-0.4, -0.2) is 30.9 Å². The Kier molecular flexibility index (Phi) is 3.91. The Morgan fingerprint density at radius 2 is 2.09 bits per heavy atom. The molecule has 0 spiro atoms. The summed E-state index contributed by atoms with van der Waals surface area (Å²) < 4.78 is 9.30. The van der Waals surface area contributed by atoms with Gasteiger partial charge in [0.15, 0.2) is 0 Å². The first-order chi connectivity index (χ1) is 10.7. The topological polar surface area (TPSA) is 57.8 Å². The van der Waals surface area contributed by atoms with E-state index < -0.39 is 0 Å². The number of aromatic nitrogens is 5. The third-order valence-electron chi connectivity index (χ3n) is 3.46. The second-order valence-electron chi connectivity index (χ2n) is 5.11. The maximum atomic E-state index is 5.37. The van der Waals surface area contributed by atoms with Gasteiger partial charge in [0.05, 0.1) is 18.8 Å². The molecule has 0 aliphatic rings. The van der Waals surface area contributed by atoms with Gasteiger partial charge in [-0.3, -0.25) is 4.68 Å². The Bertz CT molecular complexity index is 757. The fourth-order valence-electron chi connectivity index (χ4n) is 2.43. The second kappa shape index (κ2) is 6.01. The fraction of sp³-hybridized carbons (Fsp3) is 0.312. The van der Waals surface area contributed by atoms with Gasteiger partial charge >= 0.3 is 0 Å². The van der Waals surface area contributed by atoms with Gasteiger partial charge in [-0.25, -0.2) is 9.97 Å². The lowest BCUT2D eigenvalue weighted by Crippen LogP contribution is -2.02. The van der Waals surface area contributed by atoms with Crippen molar-refractivity contribution in [1.82, 2.24) is 24.3 Å². The molecule has 114 valence electrons. The Labute approximate surface area is 129 Å². The van der Waals surface area contributed by atoms with E-state index in [2.05, 4.69) is 19.6 Å². The molecule has 3 rings (SSSR count). The van der Waals surface area contributed by atoms with Crippen molar-refractivity contribution < 1.29 is 4.74 Å². The van der Waals surface area contributed by atoms with E-state index in [1.165, 1.54) is 5.56 Å². The Hall–Kier alpha value is -2.63. The van der Waals surface area contributed by atoms with Crippen LogP contribution in [0.2, 0.25) is 0 Å². The standard InChI is InChI=1S/C16H19N5O/c1-4-22-15-6-5-13(9-18-15)16-17-7-8-21(16)11-14-10-20(3)19-12(14)2/h5-10H,4,11H2,1-3H3. The minimum atomic E-state index is 0.612. The first-order valence-corrected chi connectivity index (χ1v) is 7.27. The summed E-state index contributed by atoms with van der Waals surface area (Å²) in [4.78, 5) is 8.75. The predicted molar refractivity (Wildman–Crippen MR) is 83.7 cm³/mol. The van der Waals surface area contributed by atoms with Gasteiger partial charge in [-0.2, -0.15) is 5.10 Å². The number of hydrogen-bond donors (Lipinski definition) is 0. The normalized spacial score (nSPS) is 10.9. The highest BCUT2D eigenvalue weighted by molar-refractivity contribution is 5.54. The summed E-state index contributed by atoms with van der Waals surface area (Å²) in [5.74, 6) is 1.52. The SMILES string of the molecule is CCOc1ccc(-c2nccn2Cc2cn(C)nc2C)cn1. The molecule has 0 bridgehead atoms. The van der Waals surface area contributed by atoms with Crippen LogP contribution in [0.4, 0.5) is 0 Å². The van der Waals surface area contributed by atoms with Crippen molar-refractivity contribution in [3.05, 3.63) is 48.2 Å². The van der Waals surface area contributed by atoms with Crippen LogP contribution in [0.1, 0.15) is 18.2 Å². The minimum Gasteiger partial charge on any atom is -0.478 e. The van der Waals surface area contributed by atoms with Crippen LogP contribution in [-0.2, 0) is 13.6 Å². The summed E-state index contributed by atoms with van der Waals surface area (Å²) >= 11 is 0. The summed E-state index contributed by atoms with van der Waals surface area (Å²) in [5.41, 5.74) is 3.18. The highest BCUT2D eigenvalue weighted by Gasteiger charge is 2.10. The molecule has 3 heterocycles. The third-order valence-corrected chi connectivity index (χ3v) is 3.46. The number of nitrogens with zero attached hydrogens (tertiary/aromatic N) is 5. The molecule has 0 atom stereocenters. The van der Waals surface area contributed by atoms with E-state index in [0.717, 1.165) is 23.6 Å². The molecule has 0 aliphatic heterocycles. The molecule has 3 aromatic rings. The largest absolute Gasteiger partial charge is 0.478 e. The minimum absolute atomic E-state index is 0.612. The van der Waals surface area contributed by atoms with Gasteiger partial charge in [-0.1, -0.05) is 0 Å². The van der Waals surface area contributed by atoms with Gasteiger partial charge in [0.2, 0.25) is 5.88 Å². The van der Waals surface area contributed by atoms with Crippen molar-refractivity contribution in [2.45, 2.75) is 20.4 Å². The van der Waals surface area contributed by atoms with Crippen LogP contribution in [0.3, 0.4) is 0 Å². The quantitative estimate of drug-likeness (QED) is 0.726. The lowest BCUT2D eigenvalue weighted by atomic mass is 10.2. The van der Waals surface area contributed by atoms with E-state index >= 15 is 0 Å². The third kappa shape index (κ3) is 2.86. The zero-order valence-corrected chi connectivity index (χ0v) is 13.0. The molecule has 6 heteroatoms. The van der Waals surface area contributed by atoms with Crippen LogP contribution in [0.5, 0.6) is 5.88 Å². The molecule has 0 amide bonds. The van der Waals surface area contributed by atoms with E-state index in [1.807, 2.05) is 50.1 Å². The Morgan fingerprint density at radius 3 is 2.73 bits per heavy atom. The zero-order valence-electron chi connectivity index (χ0n) is 13.0. The lowest BCUT2D eigenvalue weighted by molar-refractivity contribution is 0.327. The number of rotatable bonds is 5. The van der Waals surface area contributed by atoms with Crippen molar-refractivity contribution in [3.63, 3.8) is 0 Å². The van der Waals surface area contributed by atoms with E-state index in [1.54, 1.807) is 12.4 Å². The van der Waals surface area contributed by atoms with Gasteiger partial charge in [-0.05, 0) is 19.9 Å². The van der Waals surface area contributed by atoms with E-state index in [9.17, 15) is 0 Å². The highest BCUT2D eigenvalue weighted by Crippen LogP contribution is 2.20. The first kappa shape index (κ1) is 14.3. The van der Waals surface area contributed by atoms with Crippen LogP contribution in [0.25, 0.3) is 11.4 Å². The number of hydrogen-bond acceptors (Lipinski definition) is 4. The van der Waals surface area contributed by atoms with E-state index in [4.69, 9.17) is 4.74 Å². The molecule has 0 saturated carbocycles. The van der Waals surface area contributed by atoms with Crippen molar-refractivity contribution in [3.8, 4) is 17.3 Å². The average Bonchev–Trinajstić information content (AvgIpc) is 3.07. The summed E-state index contributed by atoms with van der Waals surface area (Å²) in [7, 11) is 1.93. The number of imidazole rings is 1. The number of ether oxygens (including phenoxy) is 1. The molecule has 0 N–H and O–H groups in total. The summed E-state index contributed by atoms with van der Waals surface area (Å²) in [5, 5.41) is 4.38. The fourth-order valence-corrected chi connectivity index (χ4v) is 2.43. The lowest BCUT2D eigenvalue weighted by Gasteiger charge is -2.08. The van der Waals surface area contributed by atoms with Gasteiger partial charge < -0.3 is 9.30 Å². The highest BCUT2D eigenvalue weighted by atomic mass is 16.5. The molecule has 22 heavy (non-hydrogen) atoms. The zero-order chi connectivity index (χ0) is 15.5. The monoisotopic (exact) mass is 297 g/mol. The Morgan fingerprint density at radius 1 is 1.23 bits per heavy atom. The molecule has 0 aromatic carbocycles. The van der Waals surface area contributed by atoms with Gasteiger partial charge in [0.25, 0.3) is 0 Å². The van der Waals surface area contributed by atoms with Crippen molar-refractivity contribution in [2.75, 3.05) is 6.61 Å². The average molecular weight is 297 g/mol. The molecule has 0 unspecified atom stereocenters. The van der Waals surface area contributed by atoms with Crippen LogP contribution in [0, 0.1) is 6.92 Å². The molecule has 3 aromatic heterocycles. The van der Waals surface area contributed by atoms with Crippen LogP contribution >= 0.6 is 0 Å². The maximum Gasteiger partial charge on any atom is 0.213 e. The molecule has 6 nitrogen and oxygen atoms in total. The van der Waals surface area contributed by atoms with Crippen LogP contribution in [0.15, 0.2) is 36.9 Å². The molecular weight excluding hydrogens is 278 g/mol. The van der Waals surface area contributed by atoms with Crippen LogP contribution < -0.4 is 4.74 Å². The van der Waals surface area contributed by atoms with Gasteiger partial charge in [0.1, 0.15) is 5.82 Å². The van der Waals surface area contributed by atoms with Crippen molar-refractivity contribution in [1.29, 1.82) is 0 Å². The molecule has 0 fully saturated rings. The molecular formula is C16H19N5O. The maximum absolute atomic E-state index is 5.37. The molecule has 0 aliphatic carbocycles. The molecule has 0 saturated heterocycles. The Balaban J connectivity index is 1.87. The number of aryl methyl sites for hydroxylation is 2. The first-order valence-electron chi connectivity index (χ1n) is 7.27. The van der Waals surface area contributed by atoms with Gasteiger partial charge in [0, 0.05) is 49.0 Å². The summed E-state index contributed by atoms with van der Waals surface area (Å²) in [6.45, 7) is 5.31. The smallest absolute Gasteiger partial charge is 0.213 e. The summed E-state index contributed by atoms with van der Waals surface area (Å²) in [6.07, 6.45) is 7.60. The second-order valence-corrected chi connectivity index (χ2v) is 5.11. The van der Waals surface area contributed by atoms with Crippen molar-refractivity contribution >= 4 is 0 Å². The molecule has 0 radical (unpaired) electrons.